The van der Waals surface area contributed by atoms with E-state index in [1.807, 2.05) is 9.80 Å². The monoisotopic (exact) mass is 528 g/mol. The molecular weight excluding hydrogens is 503 g/mol. The molecule has 2 N–H and O–H groups in total. The zero-order valence-electron chi connectivity index (χ0n) is 19.7. The topological polar surface area (TPSA) is 134 Å². The fourth-order valence-corrected chi connectivity index (χ4v) is 4.50. The average Bonchev–Trinajstić information content (AvgIpc) is 2.93. The molecule has 1 fully saturated rings. The summed E-state index contributed by atoms with van der Waals surface area (Å²) in [5.41, 5.74) is 0.482. The summed E-state index contributed by atoms with van der Waals surface area (Å²) in [6.45, 7) is 2.26. The predicted molar refractivity (Wildman–Crippen MR) is 133 cm³/mol. The van der Waals surface area contributed by atoms with E-state index in [1.165, 1.54) is 30.3 Å². The van der Waals surface area contributed by atoms with Gasteiger partial charge in [0.25, 0.3) is 15.9 Å². The maximum atomic E-state index is 14.8. The van der Waals surface area contributed by atoms with Crippen LogP contribution in [0.1, 0.15) is 16.8 Å². The number of hydrogen-bond donors (Lipinski definition) is 2. The van der Waals surface area contributed by atoms with Crippen molar-refractivity contribution in [2.75, 3.05) is 42.5 Å². The number of anilines is 2. The number of hydrogen-bond acceptors (Lipinski definition) is 9. The number of nitrogens with zero attached hydrogens (tertiary/aromatic N) is 4. The quantitative estimate of drug-likeness (QED) is 0.396. The lowest BCUT2D eigenvalue weighted by Crippen LogP contribution is -2.47. The van der Waals surface area contributed by atoms with E-state index in [-0.39, 0.29) is 23.4 Å². The molecule has 0 radical (unpaired) electrons. The molecule has 1 aliphatic rings. The van der Waals surface area contributed by atoms with Gasteiger partial charge in [0.05, 0.1) is 17.0 Å². The Hall–Kier alpha value is -4.10. The van der Waals surface area contributed by atoms with Gasteiger partial charge in [0, 0.05) is 50.7 Å². The first-order valence-electron chi connectivity index (χ1n) is 11.4. The van der Waals surface area contributed by atoms with Crippen LogP contribution in [0, 0.1) is 5.82 Å². The number of carbonyl (C=O) groups excluding carboxylic acids is 2. The Labute approximate surface area is 213 Å². The molecular formula is C24H25FN6O5S. The molecule has 2 heterocycles. The van der Waals surface area contributed by atoms with Gasteiger partial charge in [-0.1, -0.05) is 18.2 Å². The molecule has 0 spiro atoms. The van der Waals surface area contributed by atoms with Crippen LogP contribution in [0.5, 0.6) is 0 Å². The Balaban J connectivity index is 1.23. The van der Waals surface area contributed by atoms with Crippen LogP contribution < -0.4 is 20.0 Å². The molecule has 13 heteroatoms. The van der Waals surface area contributed by atoms with E-state index in [2.05, 4.69) is 20.1 Å². The van der Waals surface area contributed by atoms with Crippen LogP contribution in [0.3, 0.4) is 0 Å². The van der Waals surface area contributed by atoms with E-state index >= 15 is 0 Å². The van der Waals surface area contributed by atoms with Crippen molar-refractivity contribution >= 4 is 33.5 Å². The first-order chi connectivity index (χ1) is 17.8. The van der Waals surface area contributed by atoms with Gasteiger partial charge < -0.3 is 20.0 Å². The van der Waals surface area contributed by atoms with Gasteiger partial charge in [-0.15, -0.1) is 0 Å². The van der Waals surface area contributed by atoms with Crippen molar-refractivity contribution in [3.63, 3.8) is 0 Å². The van der Waals surface area contributed by atoms with Crippen LogP contribution in [-0.4, -0.2) is 63.0 Å². The highest BCUT2D eigenvalue weighted by Crippen LogP contribution is 2.23. The molecule has 11 nitrogen and oxygen atoms in total. The summed E-state index contributed by atoms with van der Waals surface area (Å²) in [5, 5.41) is 2.49. The first-order valence-corrected chi connectivity index (χ1v) is 12.9. The van der Waals surface area contributed by atoms with Gasteiger partial charge in [0.2, 0.25) is 5.95 Å². The predicted octanol–water partition coefficient (Wildman–Crippen LogP) is 1.50. The summed E-state index contributed by atoms with van der Waals surface area (Å²) in [6, 6.07) is 13.3. The number of piperazine rings is 1. The third-order valence-electron chi connectivity index (χ3n) is 5.60. The summed E-state index contributed by atoms with van der Waals surface area (Å²) in [7, 11) is -4.01. The Morgan fingerprint density at radius 2 is 1.62 bits per heavy atom. The van der Waals surface area contributed by atoms with Gasteiger partial charge in [0.1, 0.15) is 5.82 Å². The van der Waals surface area contributed by atoms with Gasteiger partial charge in [0.15, 0.2) is 0 Å². The largest absolute Gasteiger partial charge is 0.366 e. The maximum absolute atomic E-state index is 14.8. The summed E-state index contributed by atoms with van der Waals surface area (Å²) < 4.78 is 38.9. The van der Waals surface area contributed by atoms with Gasteiger partial charge in [-0.3, -0.25) is 9.59 Å². The van der Waals surface area contributed by atoms with Crippen molar-refractivity contribution in [3.05, 3.63) is 78.4 Å². The summed E-state index contributed by atoms with van der Waals surface area (Å²) >= 11 is 0. The standard InChI is InChI=1S/C24H25FN6O5S/c25-20-17-18(7-8-21(20)30-13-15-31(16-14-30)24-27-10-4-11-28-24)23(33)26-12-9-22(32)36-29-37(34,35)19-5-2-1-3-6-19/h1-8,10-11,17,29H,9,12-16H2,(H,26,33). The van der Waals surface area contributed by atoms with E-state index in [9.17, 15) is 22.4 Å². The maximum Gasteiger partial charge on any atom is 0.327 e. The summed E-state index contributed by atoms with van der Waals surface area (Å²) in [4.78, 5) is 42.9. The minimum absolute atomic E-state index is 0.0614. The highest BCUT2D eigenvalue weighted by Gasteiger charge is 2.22. The molecule has 194 valence electrons. The van der Waals surface area contributed by atoms with Gasteiger partial charge >= 0.3 is 5.97 Å². The normalized spacial score (nSPS) is 13.8. The summed E-state index contributed by atoms with van der Waals surface area (Å²) in [5.74, 6) is -1.37. The van der Waals surface area contributed by atoms with E-state index in [0.29, 0.717) is 37.8 Å². The minimum atomic E-state index is -4.01. The molecule has 0 atom stereocenters. The molecule has 1 aromatic heterocycles. The lowest BCUT2D eigenvalue weighted by Gasteiger charge is -2.36. The van der Waals surface area contributed by atoms with E-state index in [4.69, 9.17) is 0 Å². The molecule has 37 heavy (non-hydrogen) atoms. The van der Waals surface area contributed by atoms with Gasteiger partial charge in [-0.2, -0.15) is 0 Å². The SMILES string of the molecule is O=C(CCNC(=O)c1ccc(N2CCN(c3ncccn3)CC2)c(F)c1)ONS(=O)(=O)c1ccccc1. The third-order valence-corrected chi connectivity index (χ3v) is 6.79. The molecule has 1 amide bonds. The number of sulfonamides is 1. The van der Waals surface area contributed by atoms with Crippen molar-refractivity contribution < 1.29 is 27.2 Å². The van der Waals surface area contributed by atoms with Crippen LogP contribution in [0.2, 0.25) is 0 Å². The second-order valence-electron chi connectivity index (χ2n) is 8.07. The number of amides is 1. The van der Waals surface area contributed by atoms with Crippen molar-refractivity contribution in [3.8, 4) is 0 Å². The number of aromatic nitrogens is 2. The van der Waals surface area contributed by atoms with E-state index < -0.39 is 27.7 Å². The zero-order chi connectivity index (χ0) is 26.3. The molecule has 1 aliphatic heterocycles. The molecule has 0 bridgehead atoms. The zero-order valence-corrected chi connectivity index (χ0v) is 20.5. The number of carbonyl (C=O) groups is 2. The molecule has 0 unspecified atom stereocenters. The minimum Gasteiger partial charge on any atom is -0.366 e. The fourth-order valence-electron chi connectivity index (χ4n) is 3.69. The molecule has 1 saturated heterocycles. The third kappa shape index (κ3) is 6.77. The van der Waals surface area contributed by atoms with Crippen molar-refractivity contribution in [2.24, 2.45) is 0 Å². The van der Waals surface area contributed by atoms with Crippen molar-refractivity contribution in [1.29, 1.82) is 0 Å². The lowest BCUT2D eigenvalue weighted by molar-refractivity contribution is -0.146. The average molecular weight is 529 g/mol. The molecule has 4 rings (SSSR count). The lowest BCUT2D eigenvalue weighted by atomic mass is 10.1. The fraction of sp³-hybridized carbons (Fsp3) is 0.250. The van der Waals surface area contributed by atoms with Crippen LogP contribution >= 0.6 is 0 Å². The number of nitrogens with one attached hydrogen (secondary N) is 2. The highest BCUT2D eigenvalue weighted by molar-refractivity contribution is 7.89. The van der Waals surface area contributed by atoms with Crippen molar-refractivity contribution in [2.45, 2.75) is 11.3 Å². The smallest absolute Gasteiger partial charge is 0.327 e. The second kappa shape index (κ2) is 11.8. The van der Waals surface area contributed by atoms with Gasteiger partial charge in [-0.25, -0.2) is 22.8 Å². The van der Waals surface area contributed by atoms with Crippen LogP contribution in [0.25, 0.3) is 0 Å². The summed E-state index contributed by atoms with van der Waals surface area (Å²) in [6.07, 6.45) is 3.06. The number of benzene rings is 2. The Bertz CT molecular complexity index is 1340. The van der Waals surface area contributed by atoms with E-state index in [1.54, 1.807) is 35.5 Å². The molecule has 2 aromatic carbocycles. The Morgan fingerprint density at radius 3 is 2.30 bits per heavy atom. The number of halogens is 1. The van der Waals surface area contributed by atoms with Gasteiger partial charge in [-0.05, 0) is 41.3 Å². The molecule has 0 saturated carbocycles. The van der Waals surface area contributed by atoms with Crippen molar-refractivity contribution in [1.82, 2.24) is 20.2 Å². The number of rotatable bonds is 9. The Kier molecular flexibility index (Phi) is 8.25. The van der Waals surface area contributed by atoms with Crippen LogP contribution in [-0.2, 0) is 19.7 Å². The van der Waals surface area contributed by atoms with Crippen LogP contribution in [0.4, 0.5) is 16.0 Å². The Morgan fingerprint density at radius 1 is 0.946 bits per heavy atom. The van der Waals surface area contributed by atoms with E-state index in [0.717, 1.165) is 6.07 Å². The first kappa shape index (κ1) is 26.0. The van der Waals surface area contributed by atoms with Crippen LogP contribution in [0.15, 0.2) is 71.9 Å². The highest BCUT2D eigenvalue weighted by atomic mass is 32.2. The molecule has 0 aliphatic carbocycles. The second-order valence-corrected chi connectivity index (χ2v) is 9.71. The molecule has 3 aromatic rings.